The molecule has 0 amide bonds. The van der Waals surface area contributed by atoms with Crippen LogP contribution in [0.25, 0.3) is 21.3 Å². The first-order chi connectivity index (χ1) is 20.1. The van der Waals surface area contributed by atoms with E-state index in [4.69, 9.17) is 60.3 Å². The summed E-state index contributed by atoms with van der Waals surface area (Å²) in [6, 6.07) is 8.31. The summed E-state index contributed by atoms with van der Waals surface area (Å²) < 4.78 is 16.8. The Morgan fingerprint density at radius 3 is 2.10 bits per heavy atom. The Hall–Kier alpha value is -1.36. The molecular weight excluding hydrogens is 608 g/mol. The van der Waals surface area contributed by atoms with Crippen molar-refractivity contribution in [2.75, 3.05) is 19.7 Å². The van der Waals surface area contributed by atoms with Crippen molar-refractivity contribution in [1.29, 1.82) is 0 Å². The monoisotopic (exact) mass is 646 g/mol. The van der Waals surface area contributed by atoms with Gasteiger partial charge >= 0.3 is 39.3 Å². The molecule has 0 radical (unpaired) electrons. The summed E-state index contributed by atoms with van der Waals surface area (Å²) in [6.07, 6.45) is 9.20. The van der Waals surface area contributed by atoms with E-state index in [9.17, 15) is 4.79 Å². The molecule has 3 heterocycles. The normalized spacial score (nSPS) is 25.2. The van der Waals surface area contributed by atoms with Crippen LogP contribution in [0.3, 0.4) is 0 Å². The van der Waals surface area contributed by atoms with Crippen LogP contribution in [0.2, 0.25) is 0 Å². The summed E-state index contributed by atoms with van der Waals surface area (Å²) in [6.45, 7) is 4.86. The van der Waals surface area contributed by atoms with Crippen LogP contribution in [0.1, 0.15) is 86.0 Å². The molecular formula is C29H39Cl2MnN5O4-4. The number of fused-ring (bicyclic) bond motifs is 4. The average Bonchev–Trinajstić information content (AvgIpc) is 3.47. The van der Waals surface area contributed by atoms with Crippen LogP contribution >= 0.6 is 20.2 Å². The third kappa shape index (κ3) is 10.1. The number of carbonyl (C=O) groups is 1. The summed E-state index contributed by atoms with van der Waals surface area (Å²) >= 11 is 0.00694. The van der Waals surface area contributed by atoms with Gasteiger partial charge in [-0.25, -0.2) is 4.79 Å². The number of furan rings is 1. The van der Waals surface area contributed by atoms with Crippen LogP contribution in [0.4, 0.5) is 0 Å². The van der Waals surface area contributed by atoms with Gasteiger partial charge in [0.05, 0.1) is 12.3 Å². The maximum atomic E-state index is 11.9. The van der Waals surface area contributed by atoms with Crippen molar-refractivity contribution in [2.24, 2.45) is 0 Å². The summed E-state index contributed by atoms with van der Waals surface area (Å²) in [5.74, 6) is 0.919. The van der Waals surface area contributed by atoms with Crippen molar-refractivity contribution < 1.29 is 31.8 Å². The van der Waals surface area contributed by atoms with E-state index < -0.39 is 5.97 Å². The number of hydrogen-bond donors (Lipinski definition) is 0. The molecule has 2 fully saturated rings. The fourth-order valence-corrected chi connectivity index (χ4v) is 5.68. The Labute approximate surface area is 258 Å². The molecule has 2 aromatic rings. The fourth-order valence-electron chi connectivity index (χ4n) is 5.68. The van der Waals surface area contributed by atoms with Gasteiger partial charge in [0, 0.05) is 5.69 Å². The standard InChI is InChI=1S/C29H39N5O4.2ClH.Mn/c1-2-36-29(35)28-14-12-21(38-28)19-37-27-13-11-20-17-32-24-9-5-3-7-22(24)30-15-16-31-23-8-4-6-10-25(23)33-18-26(27)34-20;;;/h11-14,22-25H,2-10,15-19H2,1H3;2*1H;/q-4;;;+2/p-2/t22?,23-,24?,25-;;;/m1.../s1. The van der Waals surface area contributed by atoms with Gasteiger partial charge in [-0.2, -0.15) is 37.3 Å². The summed E-state index contributed by atoms with van der Waals surface area (Å²) in [5.41, 5.74) is 1.73. The molecule has 2 aromatic heterocycles. The van der Waals surface area contributed by atoms with Crippen molar-refractivity contribution in [2.45, 2.75) is 102 Å². The van der Waals surface area contributed by atoms with Crippen LogP contribution in [0.5, 0.6) is 5.75 Å². The van der Waals surface area contributed by atoms with Gasteiger partial charge in [0.2, 0.25) is 5.76 Å². The Morgan fingerprint density at radius 2 is 1.49 bits per heavy atom. The molecule has 2 bridgehead atoms. The molecule has 12 heteroatoms. The second kappa shape index (κ2) is 17.7. The zero-order valence-corrected chi connectivity index (χ0v) is 26.2. The second-order valence-corrected chi connectivity index (χ2v) is 12.4. The Bertz CT molecular complexity index is 1080. The Balaban J connectivity index is 0.00000124. The molecule has 3 aliphatic rings. The number of ether oxygens (including phenoxy) is 2. The first-order valence-corrected chi connectivity index (χ1v) is 17.8. The molecule has 0 aromatic carbocycles. The molecule has 2 saturated carbocycles. The van der Waals surface area contributed by atoms with E-state index in [1.165, 1.54) is 25.7 Å². The van der Waals surface area contributed by atoms with Gasteiger partial charge in [0.25, 0.3) is 0 Å². The summed E-state index contributed by atoms with van der Waals surface area (Å²) in [5, 5.41) is 20.2. The van der Waals surface area contributed by atoms with Crippen molar-refractivity contribution in [3.63, 3.8) is 0 Å². The average molecular weight is 648 g/mol. The van der Waals surface area contributed by atoms with Gasteiger partial charge in [-0.05, 0) is 31.2 Å². The van der Waals surface area contributed by atoms with Crippen molar-refractivity contribution in [1.82, 2.24) is 4.98 Å². The van der Waals surface area contributed by atoms with Gasteiger partial charge in [0.1, 0.15) is 18.1 Å². The minimum absolute atomic E-state index is 0.00694. The molecule has 1 aliphatic heterocycles. The van der Waals surface area contributed by atoms with Gasteiger partial charge in [0.15, 0.2) is 0 Å². The maximum absolute atomic E-state index is 11.9. The van der Waals surface area contributed by atoms with E-state index in [1.807, 2.05) is 12.1 Å². The molecule has 0 spiro atoms. The number of hydrogen-bond acceptors (Lipinski definition) is 5. The third-order valence-electron chi connectivity index (χ3n) is 7.68. The number of halogens is 2. The zero-order chi connectivity index (χ0) is 28.9. The first kappa shape index (κ1) is 32.6. The first-order valence-electron chi connectivity index (χ1n) is 14.5. The number of aromatic nitrogens is 1. The molecule has 5 rings (SSSR count). The third-order valence-corrected chi connectivity index (χ3v) is 7.68. The van der Waals surface area contributed by atoms with Crippen LogP contribution in [-0.2, 0) is 37.6 Å². The quantitative estimate of drug-likeness (QED) is 0.241. The van der Waals surface area contributed by atoms with E-state index in [0.717, 1.165) is 50.2 Å². The molecule has 2 aliphatic carbocycles. The molecule has 229 valence electrons. The van der Waals surface area contributed by atoms with Gasteiger partial charge in [-0.1, -0.05) is 51.4 Å². The van der Waals surface area contributed by atoms with Gasteiger partial charge in [-0.3, -0.25) is 4.98 Å². The predicted octanol–water partition coefficient (Wildman–Crippen LogP) is 7.94. The molecule has 4 atom stereocenters. The molecule has 9 nitrogen and oxygen atoms in total. The predicted molar refractivity (Wildman–Crippen MR) is 158 cm³/mol. The molecule has 0 saturated heterocycles. The summed E-state index contributed by atoms with van der Waals surface area (Å²) in [7, 11) is 9.59. The number of esters is 1. The number of carbonyl (C=O) groups excluding carboxylic acids is 1. The van der Waals surface area contributed by atoms with Gasteiger partial charge < -0.3 is 35.2 Å². The zero-order valence-electron chi connectivity index (χ0n) is 23.5. The van der Waals surface area contributed by atoms with Crippen LogP contribution in [0, 0.1) is 0 Å². The van der Waals surface area contributed by atoms with E-state index in [0.29, 0.717) is 37.2 Å². The number of nitrogens with zero attached hydrogens (tertiary/aromatic N) is 5. The molecule has 0 N–H and O–H groups in total. The van der Waals surface area contributed by atoms with Crippen LogP contribution < -0.4 is 4.74 Å². The van der Waals surface area contributed by atoms with Crippen molar-refractivity contribution in [3.05, 3.63) is 68.4 Å². The second-order valence-electron chi connectivity index (χ2n) is 10.4. The van der Waals surface area contributed by atoms with Crippen molar-refractivity contribution >= 4 is 26.2 Å². The van der Waals surface area contributed by atoms with Crippen LogP contribution in [-0.4, -0.2) is 54.8 Å². The Morgan fingerprint density at radius 1 is 0.902 bits per heavy atom. The molecule has 41 heavy (non-hydrogen) atoms. The van der Waals surface area contributed by atoms with Gasteiger partial charge in [-0.15, -0.1) is 13.1 Å². The van der Waals surface area contributed by atoms with E-state index >= 15 is 0 Å². The topological polar surface area (TPSA) is 118 Å². The number of pyridine rings is 1. The van der Waals surface area contributed by atoms with E-state index in [1.54, 1.807) is 19.1 Å². The number of rotatable bonds is 5. The van der Waals surface area contributed by atoms with E-state index in [2.05, 4.69) is 0 Å². The molecule has 2 unspecified atom stereocenters. The van der Waals surface area contributed by atoms with E-state index in [-0.39, 0.29) is 43.6 Å². The minimum atomic E-state index is -0.475. The summed E-state index contributed by atoms with van der Waals surface area (Å²) in [4.78, 5) is 16.9. The SMILES string of the molecule is CCOC(=O)c1ccc(COc2ccc3nc2C[N-][C@@H]2CCCC[C@H]2[N-]CC[N-]C2CCCCC2[N-]C3)o1.[Cl][Mn][Cl]. The Kier molecular flexibility index (Phi) is 14.0. The van der Waals surface area contributed by atoms with Crippen molar-refractivity contribution in [3.8, 4) is 5.75 Å². The van der Waals surface area contributed by atoms with Crippen LogP contribution in [0.15, 0.2) is 28.7 Å². The fraction of sp³-hybridized carbons (Fsp3) is 0.655.